The van der Waals surface area contributed by atoms with Crippen molar-refractivity contribution in [2.45, 2.75) is 11.1 Å². The second-order valence-corrected chi connectivity index (χ2v) is 7.22. The third kappa shape index (κ3) is 2.82. The number of phenolic OH excluding ortho intramolecular Hbond substituents is 1. The lowest BCUT2D eigenvalue weighted by Crippen LogP contribution is -2.30. The Hall–Kier alpha value is -2.62. The first-order valence-electron chi connectivity index (χ1n) is 6.76. The number of hydrogen-bond acceptors (Lipinski definition) is 4. The van der Waals surface area contributed by atoms with Crippen LogP contribution in [0, 0.1) is 5.82 Å². The Morgan fingerprint density at radius 3 is 2.44 bits per heavy atom. The summed E-state index contributed by atoms with van der Waals surface area (Å²) >= 11 is 0. The SMILES string of the molecule is O=C(c1cc(F)c(O)c(C(F)(F)F)c1)N1CS(=O)(=O)c2ccccc21. The third-order valence-electron chi connectivity index (χ3n) is 3.65. The Balaban J connectivity index is 2.11. The molecule has 1 heterocycles. The van der Waals surface area contributed by atoms with Gasteiger partial charge in [0.25, 0.3) is 5.91 Å². The molecule has 0 radical (unpaired) electrons. The fourth-order valence-electron chi connectivity index (χ4n) is 2.51. The minimum Gasteiger partial charge on any atom is -0.504 e. The Bertz CT molecular complexity index is 986. The summed E-state index contributed by atoms with van der Waals surface area (Å²) < 4.78 is 76.3. The lowest BCUT2D eigenvalue weighted by Gasteiger charge is -2.17. The molecule has 10 heteroatoms. The van der Waals surface area contributed by atoms with Crippen molar-refractivity contribution in [1.29, 1.82) is 0 Å². The van der Waals surface area contributed by atoms with Gasteiger partial charge in [-0.3, -0.25) is 9.69 Å². The first kappa shape index (κ1) is 17.2. The number of fused-ring (bicyclic) bond motifs is 1. The molecule has 0 aliphatic carbocycles. The second kappa shape index (κ2) is 5.45. The highest BCUT2D eigenvalue weighted by Crippen LogP contribution is 2.39. The van der Waals surface area contributed by atoms with E-state index in [0.717, 1.165) is 4.90 Å². The van der Waals surface area contributed by atoms with Gasteiger partial charge in [0.15, 0.2) is 21.4 Å². The van der Waals surface area contributed by atoms with Gasteiger partial charge in [0.05, 0.1) is 10.6 Å². The number of rotatable bonds is 1. The zero-order chi connectivity index (χ0) is 18.6. The molecular formula is C15H9F4NO4S. The number of anilines is 1. The zero-order valence-electron chi connectivity index (χ0n) is 12.2. The maximum Gasteiger partial charge on any atom is 0.420 e. The van der Waals surface area contributed by atoms with Crippen LogP contribution in [-0.2, 0) is 16.0 Å². The minimum atomic E-state index is -5.09. The third-order valence-corrected chi connectivity index (χ3v) is 5.26. The molecule has 0 atom stereocenters. The number of carbonyl (C=O) groups is 1. The largest absolute Gasteiger partial charge is 0.504 e. The van der Waals surface area contributed by atoms with E-state index < -0.39 is 50.5 Å². The molecule has 1 amide bonds. The van der Waals surface area contributed by atoms with Crippen LogP contribution in [-0.4, -0.2) is 25.3 Å². The normalized spacial score (nSPS) is 15.9. The number of alkyl halides is 3. The molecule has 3 rings (SSSR count). The molecular weight excluding hydrogens is 366 g/mol. The smallest absolute Gasteiger partial charge is 0.420 e. The topological polar surface area (TPSA) is 74.7 Å². The van der Waals surface area contributed by atoms with Gasteiger partial charge in [-0.05, 0) is 24.3 Å². The highest BCUT2D eigenvalue weighted by Gasteiger charge is 2.39. The van der Waals surface area contributed by atoms with Crippen LogP contribution in [0.5, 0.6) is 5.75 Å². The van der Waals surface area contributed by atoms with Crippen molar-refractivity contribution in [3.63, 3.8) is 0 Å². The quantitative estimate of drug-likeness (QED) is 0.778. The highest BCUT2D eigenvalue weighted by molar-refractivity contribution is 7.92. The minimum absolute atomic E-state index is 0.00505. The molecule has 0 saturated heterocycles. The summed E-state index contributed by atoms with van der Waals surface area (Å²) in [6.07, 6.45) is -5.09. The molecule has 2 aromatic rings. The molecule has 1 N–H and O–H groups in total. The second-order valence-electron chi connectivity index (χ2n) is 5.30. The average Bonchev–Trinajstić information content (AvgIpc) is 2.80. The maximum atomic E-state index is 13.6. The molecule has 0 fully saturated rings. The van der Waals surface area contributed by atoms with Crippen molar-refractivity contribution in [3.8, 4) is 5.75 Å². The highest BCUT2D eigenvalue weighted by atomic mass is 32.2. The Morgan fingerprint density at radius 1 is 1.16 bits per heavy atom. The fraction of sp³-hybridized carbons (Fsp3) is 0.133. The zero-order valence-corrected chi connectivity index (χ0v) is 13.0. The molecule has 5 nitrogen and oxygen atoms in total. The summed E-state index contributed by atoms with van der Waals surface area (Å²) in [6.45, 7) is 0. The summed E-state index contributed by atoms with van der Waals surface area (Å²) in [5.74, 6) is -5.15. The van der Waals surface area contributed by atoms with Crippen LogP contribution in [0.2, 0.25) is 0 Å². The number of hydrogen-bond donors (Lipinski definition) is 1. The number of benzene rings is 2. The van der Waals surface area contributed by atoms with Crippen LogP contribution in [0.25, 0.3) is 0 Å². The van der Waals surface area contributed by atoms with Crippen molar-refractivity contribution in [1.82, 2.24) is 0 Å². The summed E-state index contributed by atoms with van der Waals surface area (Å²) in [7, 11) is -3.82. The predicted octanol–water partition coefficient (Wildman–Crippen LogP) is 2.94. The number of amides is 1. The number of sulfone groups is 1. The van der Waals surface area contributed by atoms with Gasteiger partial charge in [0.1, 0.15) is 11.4 Å². The molecule has 0 unspecified atom stereocenters. The van der Waals surface area contributed by atoms with Crippen molar-refractivity contribution in [3.05, 3.63) is 53.3 Å². The van der Waals surface area contributed by atoms with Crippen molar-refractivity contribution in [2.24, 2.45) is 0 Å². The Labute approximate surface area is 139 Å². The molecule has 2 aromatic carbocycles. The van der Waals surface area contributed by atoms with E-state index in [1.54, 1.807) is 0 Å². The van der Waals surface area contributed by atoms with Crippen LogP contribution in [0.4, 0.5) is 23.2 Å². The first-order chi connectivity index (χ1) is 11.5. The van der Waals surface area contributed by atoms with Gasteiger partial charge in [-0.25, -0.2) is 12.8 Å². The van der Waals surface area contributed by atoms with E-state index >= 15 is 0 Å². The van der Waals surface area contributed by atoms with Gasteiger partial charge >= 0.3 is 6.18 Å². The van der Waals surface area contributed by atoms with E-state index in [4.69, 9.17) is 0 Å². The first-order valence-corrected chi connectivity index (χ1v) is 8.41. The molecule has 25 heavy (non-hydrogen) atoms. The van der Waals surface area contributed by atoms with Gasteiger partial charge in [0, 0.05) is 5.56 Å². The van der Waals surface area contributed by atoms with Crippen LogP contribution in [0.15, 0.2) is 41.3 Å². The van der Waals surface area contributed by atoms with E-state index in [1.807, 2.05) is 0 Å². The van der Waals surface area contributed by atoms with Gasteiger partial charge in [0.2, 0.25) is 0 Å². The fourth-order valence-corrected chi connectivity index (χ4v) is 4.03. The van der Waals surface area contributed by atoms with Crippen molar-refractivity contribution in [2.75, 3.05) is 10.8 Å². The Morgan fingerprint density at radius 2 is 1.80 bits per heavy atom. The van der Waals surface area contributed by atoms with Crippen LogP contribution >= 0.6 is 0 Å². The molecule has 0 spiro atoms. The number of para-hydroxylation sites is 1. The Kier molecular flexibility index (Phi) is 3.75. The summed E-state index contributed by atoms with van der Waals surface area (Å²) in [4.78, 5) is 13.1. The van der Waals surface area contributed by atoms with E-state index in [0.29, 0.717) is 6.07 Å². The average molecular weight is 375 g/mol. The standard InChI is InChI=1S/C15H9F4NO4S/c16-10-6-8(5-9(13(10)21)15(17,18)19)14(22)20-7-25(23,24)12-4-2-1-3-11(12)20/h1-6,21H,7H2. The molecule has 1 aliphatic heterocycles. The monoisotopic (exact) mass is 375 g/mol. The summed E-state index contributed by atoms with van der Waals surface area (Å²) in [5, 5.41) is 9.23. The van der Waals surface area contributed by atoms with Gasteiger partial charge in [-0.2, -0.15) is 13.2 Å². The predicted molar refractivity (Wildman–Crippen MR) is 78.4 cm³/mol. The number of nitrogens with zero attached hydrogens (tertiary/aromatic N) is 1. The van der Waals surface area contributed by atoms with E-state index in [1.165, 1.54) is 24.3 Å². The maximum absolute atomic E-state index is 13.6. The van der Waals surface area contributed by atoms with Crippen LogP contribution in [0.1, 0.15) is 15.9 Å². The number of phenols is 1. The van der Waals surface area contributed by atoms with E-state index in [-0.39, 0.29) is 16.6 Å². The van der Waals surface area contributed by atoms with Gasteiger partial charge in [-0.15, -0.1) is 0 Å². The van der Waals surface area contributed by atoms with Crippen molar-refractivity contribution >= 4 is 21.4 Å². The number of halogens is 4. The van der Waals surface area contributed by atoms with Gasteiger partial charge < -0.3 is 5.11 Å². The molecule has 1 aliphatic rings. The van der Waals surface area contributed by atoms with Crippen LogP contribution in [0.3, 0.4) is 0 Å². The molecule has 0 saturated carbocycles. The van der Waals surface area contributed by atoms with E-state index in [2.05, 4.69) is 0 Å². The lowest BCUT2D eigenvalue weighted by atomic mass is 10.1. The summed E-state index contributed by atoms with van der Waals surface area (Å²) in [5.41, 5.74) is -2.45. The number of aromatic hydroxyl groups is 1. The molecule has 0 aromatic heterocycles. The van der Waals surface area contributed by atoms with E-state index in [9.17, 15) is 35.9 Å². The summed E-state index contributed by atoms with van der Waals surface area (Å²) in [6, 6.07) is 6.19. The lowest BCUT2D eigenvalue weighted by molar-refractivity contribution is -0.139. The van der Waals surface area contributed by atoms with Gasteiger partial charge in [-0.1, -0.05) is 12.1 Å². The number of carbonyl (C=O) groups excluding carboxylic acids is 1. The molecule has 132 valence electrons. The van der Waals surface area contributed by atoms with Crippen molar-refractivity contribution < 1.29 is 35.9 Å². The molecule has 0 bridgehead atoms. The van der Waals surface area contributed by atoms with Crippen LogP contribution < -0.4 is 4.90 Å².